The third-order valence-corrected chi connectivity index (χ3v) is 4.26. The molecule has 0 saturated carbocycles. The first kappa shape index (κ1) is 16.8. The minimum absolute atomic E-state index is 0.239. The van der Waals surface area contributed by atoms with E-state index >= 15 is 0 Å². The molecule has 2 aromatic carbocycles. The number of benzene rings is 2. The number of aryl methyl sites for hydroxylation is 1. The number of amides is 1. The smallest absolute Gasteiger partial charge is 0.274 e. The Morgan fingerprint density at radius 3 is 2.52 bits per heavy atom. The Labute approximate surface area is 156 Å². The van der Waals surface area contributed by atoms with Crippen molar-refractivity contribution < 1.29 is 9.21 Å². The average molecular weight is 358 g/mol. The summed E-state index contributed by atoms with van der Waals surface area (Å²) in [5, 5.41) is 11.1. The second-order valence-corrected chi connectivity index (χ2v) is 6.22. The lowest BCUT2D eigenvalue weighted by Gasteiger charge is -2.16. The fourth-order valence-corrected chi connectivity index (χ4v) is 2.82. The minimum atomic E-state index is -0.404. The van der Waals surface area contributed by atoms with Gasteiger partial charge in [0.15, 0.2) is 5.69 Å². The fraction of sp³-hybridized carbons (Fsp3) is 0.0952. The molecule has 0 fully saturated rings. The molecule has 4 rings (SSSR count). The summed E-state index contributed by atoms with van der Waals surface area (Å²) >= 11 is 0. The molecule has 1 unspecified atom stereocenters. The van der Waals surface area contributed by atoms with Crippen LogP contribution in [0.3, 0.4) is 0 Å². The van der Waals surface area contributed by atoms with Crippen LogP contribution in [0.25, 0.3) is 5.69 Å². The molecule has 134 valence electrons. The Bertz CT molecular complexity index is 1020. The predicted molar refractivity (Wildman–Crippen MR) is 101 cm³/mol. The van der Waals surface area contributed by atoms with Gasteiger partial charge in [-0.05, 0) is 36.8 Å². The summed E-state index contributed by atoms with van der Waals surface area (Å²) in [5.41, 5.74) is 3.16. The molecule has 1 amide bonds. The Kier molecular flexibility index (Phi) is 4.53. The Hall–Kier alpha value is -3.67. The van der Waals surface area contributed by atoms with Crippen molar-refractivity contribution >= 4 is 5.91 Å². The van der Waals surface area contributed by atoms with E-state index in [0.29, 0.717) is 5.76 Å². The van der Waals surface area contributed by atoms with Gasteiger partial charge in [0.25, 0.3) is 5.91 Å². The molecule has 0 aliphatic rings. The van der Waals surface area contributed by atoms with Gasteiger partial charge in [-0.3, -0.25) is 4.79 Å². The lowest BCUT2D eigenvalue weighted by Crippen LogP contribution is -2.29. The van der Waals surface area contributed by atoms with Gasteiger partial charge in [0.2, 0.25) is 0 Å². The van der Waals surface area contributed by atoms with Crippen LogP contribution in [0, 0.1) is 6.92 Å². The maximum atomic E-state index is 12.8. The summed E-state index contributed by atoms with van der Waals surface area (Å²) in [4.78, 5) is 12.8. The van der Waals surface area contributed by atoms with Gasteiger partial charge in [0, 0.05) is 0 Å². The lowest BCUT2D eigenvalue weighted by atomic mass is 10.0. The molecule has 1 N–H and O–H groups in total. The van der Waals surface area contributed by atoms with Crippen LogP contribution in [0.4, 0.5) is 0 Å². The molecule has 0 bridgehead atoms. The molecule has 0 aliphatic heterocycles. The van der Waals surface area contributed by atoms with E-state index in [2.05, 4.69) is 15.6 Å². The number of aromatic nitrogens is 3. The van der Waals surface area contributed by atoms with Crippen molar-refractivity contribution in [1.82, 2.24) is 20.3 Å². The van der Waals surface area contributed by atoms with E-state index < -0.39 is 6.04 Å². The van der Waals surface area contributed by atoms with Gasteiger partial charge in [0.1, 0.15) is 11.8 Å². The van der Waals surface area contributed by atoms with Crippen molar-refractivity contribution in [2.45, 2.75) is 13.0 Å². The molecule has 0 aliphatic carbocycles. The van der Waals surface area contributed by atoms with E-state index in [1.165, 1.54) is 0 Å². The molecule has 1 atom stereocenters. The minimum Gasteiger partial charge on any atom is -0.467 e. The number of hydrogen-bond acceptors (Lipinski definition) is 4. The molecule has 2 heterocycles. The van der Waals surface area contributed by atoms with Crippen LogP contribution in [-0.2, 0) is 0 Å². The highest BCUT2D eigenvalue weighted by atomic mass is 16.3. The lowest BCUT2D eigenvalue weighted by molar-refractivity contribution is 0.0934. The highest BCUT2D eigenvalue weighted by Crippen LogP contribution is 2.22. The van der Waals surface area contributed by atoms with Crippen LogP contribution >= 0.6 is 0 Å². The quantitative estimate of drug-likeness (QED) is 0.590. The predicted octanol–water partition coefficient (Wildman–Crippen LogP) is 3.69. The maximum Gasteiger partial charge on any atom is 0.274 e. The van der Waals surface area contributed by atoms with Crippen LogP contribution < -0.4 is 5.32 Å². The first-order valence-corrected chi connectivity index (χ1v) is 8.59. The van der Waals surface area contributed by atoms with E-state index in [1.807, 2.05) is 67.6 Å². The van der Waals surface area contributed by atoms with Gasteiger partial charge < -0.3 is 9.73 Å². The van der Waals surface area contributed by atoms with Crippen molar-refractivity contribution in [2.24, 2.45) is 0 Å². The standard InChI is InChI=1S/C21H18N4O2/c1-15-9-11-17(12-10-15)25-14-18(23-24-25)21(26)22-20(19-8-5-13-27-19)16-6-3-2-4-7-16/h2-14,20H,1H3,(H,22,26). The number of rotatable bonds is 5. The molecule has 2 aromatic heterocycles. The van der Waals surface area contributed by atoms with Gasteiger partial charge in [0.05, 0.1) is 18.1 Å². The van der Waals surface area contributed by atoms with Gasteiger partial charge in [-0.2, -0.15) is 0 Å². The highest BCUT2D eigenvalue weighted by Gasteiger charge is 2.21. The van der Waals surface area contributed by atoms with E-state index in [9.17, 15) is 4.79 Å². The third-order valence-electron chi connectivity index (χ3n) is 4.26. The number of hydrogen-bond donors (Lipinski definition) is 1. The van der Waals surface area contributed by atoms with Gasteiger partial charge in [-0.1, -0.05) is 53.2 Å². The number of carbonyl (C=O) groups excluding carboxylic acids is 1. The highest BCUT2D eigenvalue weighted by molar-refractivity contribution is 5.92. The van der Waals surface area contributed by atoms with Crippen molar-refractivity contribution in [2.75, 3.05) is 0 Å². The second-order valence-electron chi connectivity index (χ2n) is 6.22. The van der Waals surface area contributed by atoms with Crippen LogP contribution in [0.2, 0.25) is 0 Å². The van der Waals surface area contributed by atoms with E-state index in [-0.39, 0.29) is 11.6 Å². The van der Waals surface area contributed by atoms with E-state index in [1.54, 1.807) is 23.2 Å². The van der Waals surface area contributed by atoms with E-state index in [4.69, 9.17) is 4.42 Å². The fourth-order valence-electron chi connectivity index (χ4n) is 2.82. The van der Waals surface area contributed by atoms with Crippen molar-refractivity contribution in [1.29, 1.82) is 0 Å². The zero-order chi connectivity index (χ0) is 18.6. The Morgan fingerprint density at radius 1 is 1.04 bits per heavy atom. The molecule has 0 spiro atoms. The zero-order valence-electron chi connectivity index (χ0n) is 14.7. The summed E-state index contributed by atoms with van der Waals surface area (Å²) < 4.78 is 7.10. The summed E-state index contributed by atoms with van der Waals surface area (Å²) in [5.74, 6) is 0.332. The second kappa shape index (κ2) is 7.29. The number of carbonyl (C=O) groups is 1. The molecule has 6 heteroatoms. The molecule has 6 nitrogen and oxygen atoms in total. The Balaban J connectivity index is 1.58. The molecule has 4 aromatic rings. The van der Waals surface area contributed by atoms with Gasteiger partial charge in [-0.25, -0.2) is 4.68 Å². The van der Waals surface area contributed by atoms with Crippen molar-refractivity contribution in [3.63, 3.8) is 0 Å². The normalized spacial score (nSPS) is 11.9. The van der Waals surface area contributed by atoms with Crippen LogP contribution in [-0.4, -0.2) is 20.9 Å². The summed E-state index contributed by atoms with van der Waals surface area (Å²) in [6, 6.07) is 20.7. The molecular formula is C21H18N4O2. The number of nitrogens with one attached hydrogen (secondary N) is 1. The largest absolute Gasteiger partial charge is 0.467 e. The number of furan rings is 1. The average Bonchev–Trinajstić information content (AvgIpc) is 3.39. The van der Waals surface area contributed by atoms with Crippen LogP contribution in [0.1, 0.15) is 33.4 Å². The van der Waals surface area contributed by atoms with Gasteiger partial charge >= 0.3 is 0 Å². The van der Waals surface area contributed by atoms with Crippen molar-refractivity contribution in [3.8, 4) is 5.69 Å². The monoisotopic (exact) mass is 358 g/mol. The Morgan fingerprint density at radius 2 is 1.81 bits per heavy atom. The first-order chi connectivity index (χ1) is 13.2. The topological polar surface area (TPSA) is 73.0 Å². The van der Waals surface area contributed by atoms with Crippen molar-refractivity contribution in [3.05, 3.63) is 102 Å². The summed E-state index contributed by atoms with van der Waals surface area (Å²) in [7, 11) is 0. The molecule has 0 radical (unpaired) electrons. The third kappa shape index (κ3) is 3.64. The van der Waals surface area contributed by atoms with E-state index in [0.717, 1.165) is 16.8 Å². The summed E-state index contributed by atoms with van der Waals surface area (Å²) in [6.07, 6.45) is 3.20. The first-order valence-electron chi connectivity index (χ1n) is 8.59. The zero-order valence-corrected chi connectivity index (χ0v) is 14.7. The SMILES string of the molecule is Cc1ccc(-n2cc(C(=O)NC(c3ccccc3)c3ccco3)nn2)cc1. The molecular weight excluding hydrogens is 340 g/mol. The molecule has 0 saturated heterocycles. The summed E-state index contributed by atoms with van der Waals surface area (Å²) in [6.45, 7) is 2.02. The van der Waals surface area contributed by atoms with Gasteiger partial charge in [-0.15, -0.1) is 5.10 Å². The number of nitrogens with zero attached hydrogens (tertiary/aromatic N) is 3. The maximum absolute atomic E-state index is 12.8. The van der Waals surface area contributed by atoms with Crippen LogP contribution in [0.15, 0.2) is 83.6 Å². The molecule has 27 heavy (non-hydrogen) atoms. The van der Waals surface area contributed by atoms with Crippen LogP contribution in [0.5, 0.6) is 0 Å².